The van der Waals surface area contributed by atoms with Crippen molar-refractivity contribution in [3.63, 3.8) is 0 Å². The Kier molecular flexibility index (Phi) is 20.6. The van der Waals surface area contributed by atoms with Crippen LogP contribution in [0.25, 0.3) is 0 Å². The van der Waals surface area contributed by atoms with Gasteiger partial charge in [-0.15, -0.1) is 0 Å². The molecule has 0 unspecified atom stereocenters. The number of carbonyl (C=O) groups excluding carboxylic acids is 2. The van der Waals surface area contributed by atoms with Crippen LogP contribution in [0.4, 0.5) is 0 Å². The summed E-state index contributed by atoms with van der Waals surface area (Å²) in [5.74, 6) is -1.72. The first kappa shape index (κ1) is 26.5. The Bertz CT molecular complexity index is 419. The van der Waals surface area contributed by atoms with Crippen LogP contribution >= 0.6 is 0 Å². The SMILES string of the molecule is C=C(C)C(=O)OCCNCCCC.C=C(C)C(N)=O.C=CC(=O)O. The van der Waals surface area contributed by atoms with Gasteiger partial charge in [0.05, 0.1) is 0 Å². The van der Waals surface area contributed by atoms with Gasteiger partial charge in [0.1, 0.15) is 6.61 Å². The van der Waals surface area contributed by atoms with Crippen LogP contribution in [0.5, 0.6) is 0 Å². The fourth-order valence-electron chi connectivity index (χ4n) is 0.766. The zero-order valence-corrected chi connectivity index (χ0v) is 14.9. The molecule has 0 heterocycles. The molecule has 0 rings (SSSR count). The van der Waals surface area contributed by atoms with Crippen molar-refractivity contribution in [2.45, 2.75) is 33.6 Å². The number of hydrogen-bond donors (Lipinski definition) is 3. The molecule has 1 amide bonds. The molecule has 0 radical (unpaired) electrons. The smallest absolute Gasteiger partial charge is 0.333 e. The molecule has 0 bridgehead atoms. The van der Waals surface area contributed by atoms with Gasteiger partial charge in [-0.1, -0.05) is 33.1 Å². The maximum Gasteiger partial charge on any atom is 0.333 e. The third-order valence-electron chi connectivity index (χ3n) is 2.16. The Morgan fingerprint density at radius 1 is 1.17 bits per heavy atom. The van der Waals surface area contributed by atoms with Crippen LogP contribution in [-0.2, 0) is 19.1 Å². The molecule has 0 saturated heterocycles. The Morgan fingerprint density at radius 3 is 1.92 bits per heavy atom. The van der Waals surface area contributed by atoms with Crippen LogP contribution < -0.4 is 11.1 Å². The maximum atomic E-state index is 10.9. The summed E-state index contributed by atoms with van der Waals surface area (Å²) in [6.45, 7) is 17.2. The van der Waals surface area contributed by atoms with Crippen LogP contribution in [0.2, 0.25) is 0 Å². The number of esters is 1. The fourth-order valence-corrected chi connectivity index (χ4v) is 0.766. The van der Waals surface area contributed by atoms with E-state index in [-0.39, 0.29) is 5.97 Å². The van der Waals surface area contributed by atoms with Gasteiger partial charge < -0.3 is 20.9 Å². The predicted molar refractivity (Wildman–Crippen MR) is 95.4 cm³/mol. The van der Waals surface area contributed by atoms with Crippen LogP contribution in [0.1, 0.15) is 33.6 Å². The van der Waals surface area contributed by atoms with Gasteiger partial charge in [0.2, 0.25) is 5.91 Å². The number of hydrogen-bond acceptors (Lipinski definition) is 5. The molecule has 0 atom stereocenters. The molecule has 7 nitrogen and oxygen atoms in total. The van der Waals surface area contributed by atoms with Gasteiger partial charge >= 0.3 is 11.9 Å². The average molecular weight is 342 g/mol. The molecule has 0 aromatic heterocycles. The van der Waals surface area contributed by atoms with Crippen molar-refractivity contribution in [2.75, 3.05) is 19.7 Å². The molecule has 0 saturated carbocycles. The molecule has 0 aliphatic heterocycles. The highest BCUT2D eigenvalue weighted by molar-refractivity contribution is 5.90. The maximum absolute atomic E-state index is 10.9. The number of carboxylic acid groups (broad SMARTS) is 1. The lowest BCUT2D eigenvalue weighted by molar-refractivity contribution is -0.138. The Hall–Kier alpha value is -2.41. The third-order valence-corrected chi connectivity index (χ3v) is 2.16. The second-order valence-corrected chi connectivity index (χ2v) is 4.71. The summed E-state index contributed by atoms with van der Waals surface area (Å²) in [5.41, 5.74) is 5.55. The van der Waals surface area contributed by atoms with E-state index in [2.05, 4.69) is 32.0 Å². The van der Waals surface area contributed by atoms with Crippen molar-refractivity contribution in [2.24, 2.45) is 5.73 Å². The van der Waals surface area contributed by atoms with Gasteiger partial charge in [0, 0.05) is 23.8 Å². The monoisotopic (exact) mass is 342 g/mol. The van der Waals surface area contributed by atoms with Crippen LogP contribution in [0.3, 0.4) is 0 Å². The summed E-state index contributed by atoms with van der Waals surface area (Å²) in [4.78, 5) is 30.0. The summed E-state index contributed by atoms with van der Waals surface area (Å²) in [6, 6.07) is 0. The molecule has 0 aromatic carbocycles. The minimum atomic E-state index is -0.981. The number of carbonyl (C=O) groups is 3. The first-order valence-corrected chi connectivity index (χ1v) is 7.44. The fraction of sp³-hybridized carbons (Fsp3) is 0.471. The summed E-state index contributed by atoms with van der Waals surface area (Å²) in [7, 11) is 0. The highest BCUT2D eigenvalue weighted by Crippen LogP contribution is 1.90. The molecule has 24 heavy (non-hydrogen) atoms. The summed E-state index contributed by atoms with van der Waals surface area (Å²) in [5, 5.41) is 10.8. The van der Waals surface area contributed by atoms with Crippen molar-refractivity contribution in [3.8, 4) is 0 Å². The van der Waals surface area contributed by atoms with Gasteiger partial charge in [-0.25, -0.2) is 9.59 Å². The predicted octanol–water partition coefficient (Wildman–Crippen LogP) is 1.80. The highest BCUT2D eigenvalue weighted by Gasteiger charge is 2.00. The van der Waals surface area contributed by atoms with Crippen LogP contribution in [0, 0.1) is 0 Å². The molecule has 0 aliphatic carbocycles. The van der Waals surface area contributed by atoms with E-state index in [0.717, 1.165) is 25.6 Å². The van der Waals surface area contributed by atoms with Crippen LogP contribution in [0.15, 0.2) is 37.0 Å². The number of nitrogens with one attached hydrogen (secondary N) is 1. The molecule has 0 spiro atoms. The van der Waals surface area contributed by atoms with Crippen molar-refractivity contribution in [3.05, 3.63) is 37.0 Å². The Labute approximate surface area is 144 Å². The number of nitrogens with two attached hydrogens (primary N) is 1. The zero-order chi connectivity index (χ0) is 19.5. The van der Waals surface area contributed by atoms with Gasteiger partial charge in [-0.3, -0.25) is 4.79 Å². The van der Waals surface area contributed by atoms with Crippen molar-refractivity contribution < 1.29 is 24.2 Å². The molecule has 7 heteroatoms. The number of ether oxygens (including phenoxy) is 1. The van der Waals surface area contributed by atoms with Crippen LogP contribution in [-0.4, -0.2) is 42.6 Å². The van der Waals surface area contributed by atoms with Crippen molar-refractivity contribution in [1.29, 1.82) is 0 Å². The number of carboxylic acids is 1. The van der Waals surface area contributed by atoms with Crippen molar-refractivity contribution in [1.82, 2.24) is 5.32 Å². The van der Waals surface area contributed by atoms with E-state index in [1.807, 2.05) is 0 Å². The van der Waals surface area contributed by atoms with Crippen molar-refractivity contribution >= 4 is 17.8 Å². The van der Waals surface area contributed by atoms with Gasteiger partial charge in [0.15, 0.2) is 0 Å². The standard InChI is InChI=1S/C10H19NO2.C4H7NO.C3H4O2/c1-4-5-6-11-7-8-13-10(12)9(2)3;1-3(2)4(5)6;1-2-3(4)5/h11H,2,4-8H2,1,3H3;1H2,2H3,(H2,5,6);2H,1H2,(H,4,5). The van der Waals surface area contributed by atoms with Gasteiger partial charge in [-0.2, -0.15) is 0 Å². The molecule has 0 aliphatic rings. The topological polar surface area (TPSA) is 119 Å². The Morgan fingerprint density at radius 2 is 1.62 bits per heavy atom. The second kappa shape index (κ2) is 18.6. The van der Waals surface area contributed by atoms with E-state index >= 15 is 0 Å². The minimum Gasteiger partial charge on any atom is -0.478 e. The third kappa shape index (κ3) is 27.9. The first-order valence-electron chi connectivity index (χ1n) is 7.44. The summed E-state index contributed by atoms with van der Waals surface area (Å²) < 4.78 is 4.88. The van der Waals surface area contributed by atoms with E-state index < -0.39 is 11.9 Å². The lowest BCUT2D eigenvalue weighted by atomic mass is 10.3. The van der Waals surface area contributed by atoms with E-state index in [4.69, 9.17) is 15.6 Å². The van der Waals surface area contributed by atoms with E-state index in [1.54, 1.807) is 13.8 Å². The Balaban J connectivity index is -0.000000332. The van der Waals surface area contributed by atoms with Gasteiger partial charge in [0.25, 0.3) is 0 Å². The molecule has 0 fully saturated rings. The first-order chi connectivity index (χ1) is 11.1. The number of rotatable bonds is 9. The van der Waals surface area contributed by atoms with Gasteiger partial charge in [-0.05, 0) is 26.8 Å². The van der Waals surface area contributed by atoms with E-state index in [1.165, 1.54) is 6.42 Å². The van der Waals surface area contributed by atoms with E-state index in [0.29, 0.717) is 17.8 Å². The largest absolute Gasteiger partial charge is 0.478 e. The number of aliphatic carboxylic acids is 1. The normalized spacial score (nSPS) is 8.46. The summed E-state index contributed by atoms with van der Waals surface area (Å²) >= 11 is 0. The highest BCUT2D eigenvalue weighted by atomic mass is 16.5. The zero-order valence-electron chi connectivity index (χ0n) is 14.9. The lowest BCUT2D eigenvalue weighted by Crippen LogP contribution is -2.22. The molecule has 4 N–H and O–H groups in total. The quantitative estimate of drug-likeness (QED) is 0.334. The molecular weight excluding hydrogens is 312 g/mol. The number of primary amides is 1. The second-order valence-electron chi connectivity index (χ2n) is 4.71. The minimum absolute atomic E-state index is 0.308. The number of amides is 1. The molecular formula is C17H30N2O5. The summed E-state index contributed by atoms with van der Waals surface area (Å²) in [6.07, 6.45) is 3.17. The molecule has 0 aromatic rings. The van der Waals surface area contributed by atoms with E-state index in [9.17, 15) is 14.4 Å². The molecule has 138 valence electrons. The lowest BCUT2D eigenvalue weighted by Gasteiger charge is -2.05. The average Bonchev–Trinajstić information content (AvgIpc) is 2.51. The number of unbranched alkanes of at least 4 members (excludes halogenated alkanes) is 1.